The number of anilines is 2. The van der Waals surface area contributed by atoms with Crippen LogP contribution in [-0.4, -0.2) is 32.5 Å². The highest BCUT2D eigenvalue weighted by molar-refractivity contribution is 6.07. The molecule has 0 fully saturated rings. The molecule has 0 amide bonds. The number of rotatable bonds is 3. The molecule has 0 spiro atoms. The molecule has 0 radical (unpaired) electrons. The number of nitrogens with zero attached hydrogens (tertiary/aromatic N) is 1. The van der Waals surface area contributed by atoms with Crippen LogP contribution in [0.1, 0.15) is 18.9 Å². The summed E-state index contributed by atoms with van der Waals surface area (Å²) in [7, 11) is 3.92. The van der Waals surface area contributed by atoms with Gasteiger partial charge in [0.05, 0.1) is 6.61 Å². The highest BCUT2D eigenvalue weighted by Gasteiger charge is 2.18. The maximum Gasteiger partial charge on any atom is 0.334 e. The summed E-state index contributed by atoms with van der Waals surface area (Å²) >= 11 is 0. The Morgan fingerprint density at radius 3 is 2.85 bits per heavy atom. The molecular weight excluding hydrogens is 254 g/mol. The first kappa shape index (κ1) is 14.1. The average molecular weight is 273 g/mol. The standard InChI is InChI=1S/C15H19N3O2/c1-4-20-15(19)11-7-10-5-6-12(18(2)3)9-13(10)17-14(16)8-11/h5-7,9H,4,8H2,1-3H3,(H2,16,17). The van der Waals surface area contributed by atoms with Crippen LogP contribution in [0.3, 0.4) is 0 Å². The van der Waals surface area contributed by atoms with Gasteiger partial charge in [0.1, 0.15) is 5.84 Å². The minimum absolute atomic E-state index is 0.255. The van der Waals surface area contributed by atoms with E-state index in [-0.39, 0.29) is 12.4 Å². The van der Waals surface area contributed by atoms with Gasteiger partial charge in [0, 0.05) is 37.5 Å². The quantitative estimate of drug-likeness (QED) is 0.830. The molecule has 1 heterocycles. The second-order valence-corrected chi connectivity index (χ2v) is 4.84. The van der Waals surface area contributed by atoms with E-state index in [2.05, 4.69) is 5.32 Å². The lowest BCUT2D eigenvalue weighted by Gasteiger charge is -2.15. The van der Waals surface area contributed by atoms with E-state index < -0.39 is 0 Å². The highest BCUT2D eigenvalue weighted by Crippen LogP contribution is 2.28. The van der Waals surface area contributed by atoms with Crippen molar-refractivity contribution in [2.45, 2.75) is 13.3 Å². The summed E-state index contributed by atoms with van der Waals surface area (Å²) in [4.78, 5) is 13.9. The van der Waals surface area contributed by atoms with Crippen molar-refractivity contribution in [3.05, 3.63) is 29.3 Å². The zero-order chi connectivity index (χ0) is 14.7. The number of carbonyl (C=O) groups excluding carboxylic acids is 1. The summed E-state index contributed by atoms with van der Waals surface area (Å²) < 4.78 is 5.02. The van der Waals surface area contributed by atoms with E-state index in [1.807, 2.05) is 37.2 Å². The SMILES string of the molecule is CCOC(=O)C1=Cc2ccc(N(C)C)cc2NC(=N)C1. The lowest BCUT2D eigenvalue weighted by atomic mass is 10.1. The van der Waals surface area contributed by atoms with Crippen molar-refractivity contribution in [2.75, 3.05) is 30.9 Å². The molecule has 106 valence electrons. The maximum atomic E-state index is 11.9. The number of nitrogens with one attached hydrogen (secondary N) is 2. The molecule has 0 aromatic heterocycles. The van der Waals surface area contributed by atoms with Gasteiger partial charge in [-0.3, -0.25) is 5.41 Å². The Bertz CT molecular complexity index is 576. The van der Waals surface area contributed by atoms with Crippen LogP contribution < -0.4 is 10.2 Å². The molecule has 5 heteroatoms. The Morgan fingerprint density at radius 2 is 2.20 bits per heavy atom. The highest BCUT2D eigenvalue weighted by atomic mass is 16.5. The number of hydrogen-bond acceptors (Lipinski definition) is 4. The Balaban J connectivity index is 2.41. The van der Waals surface area contributed by atoms with Gasteiger partial charge in [-0.2, -0.15) is 0 Å². The Hall–Kier alpha value is -2.30. The molecule has 5 nitrogen and oxygen atoms in total. The monoisotopic (exact) mass is 273 g/mol. The predicted molar refractivity (Wildman–Crippen MR) is 81.3 cm³/mol. The zero-order valence-corrected chi connectivity index (χ0v) is 12.0. The lowest BCUT2D eigenvalue weighted by molar-refractivity contribution is -0.138. The first-order valence-electron chi connectivity index (χ1n) is 6.54. The zero-order valence-electron chi connectivity index (χ0n) is 12.0. The Kier molecular flexibility index (Phi) is 4.08. The van der Waals surface area contributed by atoms with Crippen molar-refractivity contribution >= 4 is 29.3 Å². The van der Waals surface area contributed by atoms with E-state index in [4.69, 9.17) is 10.1 Å². The van der Waals surface area contributed by atoms with Crippen molar-refractivity contribution in [3.63, 3.8) is 0 Å². The number of carbonyl (C=O) groups is 1. The minimum atomic E-state index is -0.358. The van der Waals surface area contributed by atoms with Gasteiger partial charge >= 0.3 is 5.97 Å². The molecule has 20 heavy (non-hydrogen) atoms. The molecule has 0 aliphatic carbocycles. The molecule has 1 aromatic carbocycles. The number of amidine groups is 1. The van der Waals surface area contributed by atoms with Crippen LogP contribution in [-0.2, 0) is 9.53 Å². The summed E-state index contributed by atoms with van der Waals surface area (Å²) in [6.45, 7) is 2.11. The van der Waals surface area contributed by atoms with Gasteiger partial charge in [-0.25, -0.2) is 4.79 Å². The van der Waals surface area contributed by atoms with E-state index >= 15 is 0 Å². The second-order valence-electron chi connectivity index (χ2n) is 4.84. The number of esters is 1. The summed E-state index contributed by atoms with van der Waals surface area (Å²) in [5.74, 6) is -0.0671. The predicted octanol–water partition coefficient (Wildman–Crippen LogP) is 2.49. The van der Waals surface area contributed by atoms with Crippen molar-refractivity contribution in [2.24, 2.45) is 0 Å². The molecule has 1 aliphatic heterocycles. The largest absolute Gasteiger partial charge is 0.463 e. The van der Waals surface area contributed by atoms with Crippen molar-refractivity contribution in [1.29, 1.82) is 5.41 Å². The fraction of sp³-hybridized carbons (Fsp3) is 0.333. The van der Waals surface area contributed by atoms with E-state index in [0.717, 1.165) is 16.9 Å². The van der Waals surface area contributed by atoms with E-state index in [9.17, 15) is 4.79 Å². The first-order chi connectivity index (χ1) is 9.51. The van der Waals surface area contributed by atoms with Gasteiger partial charge in [-0.15, -0.1) is 0 Å². The first-order valence-corrected chi connectivity index (χ1v) is 6.54. The molecule has 0 atom stereocenters. The minimum Gasteiger partial charge on any atom is -0.463 e. The summed E-state index contributed by atoms with van der Waals surface area (Å²) in [6.07, 6.45) is 2.05. The van der Waals surface area contributed by atoms with Gasteiger partial charge in [0.25, 0.3) is 0 Å². The van der Waals surface area contributed by atoms with Gasteiger partial charge in [0.2, 0.25) is 0 Å². The van der Waals surface area contributed by atoms with Gasteiger partial charge in [0.15, 0.2) is 0 Å². The Labute approximate surface area is 118 Å². The smallest absolute Gasteiger partial charge is 0.334 e. The molecule has 0 unspecified atom stereocenters. The lowest BCUT2D eigenvalue weighted by Crippen LogP contribution is -2.15. The molecule has 1 aliphatic rings. The van der Waals surface area contributed by atoms with Crippen molar-refractivity contribution in [3.8, 4) is 0 Å². The second kappa shape index (κ2) is 5.77. The van der Waals surface area contributed by atoms with Gasteiger partial charge in [-0.05, 0) is 30.7 Å². The fourth-order valence-corrected chi connectivity index (χ4v) is 2.05. The van der Waals surface area contributed by atoms with Crippen LogP contribution in [0.2, 0.25) is 0 Å². The van der Waals surface area contributed by atoms with E-state index in [0.29, 0.717) is 18.0 Å². The van der Waals surface area contributed by atoms with Crippen LogP contribution in [0.25, 0.3) is 6.08 Å². The fourth-order valence-electron chi connectivity index (χ4n) is 2.05. The summed E-state index contributed by atoms with van der Waals surface area (Å²) in [6, 6.07) is 5.89. The number of ether oxygens (including phenoxy) is 1. The van der Waals surface area contributed by atoms with Crippen LogP contribution in [0.5, 0.6) is 0 Å². The Morgan fingerprint density at radius 1 is 1.45 bits per heavy atom. The summed E-state index contributed by atoms with van der Waals surface area (Å²) in [5, 5.41) is 11.0. The van der Waals surface area contributed by atoms with Crippen LogP contribution >= 0.6 is 0 Å². The van der Waals surface area contributed by atoms with E-state index in [1.54, 1.807) is 13.0 Å². The third-order valence-corrected chi connectivity index (χ3v) is 3.07. The molecule has 0 saturated carbocycles. The molecule has 2 rings (SSSR count). The summed E-state index contributed by atoms with van der Waals surface area (Å²) in [5.41, 5.74) is 3.26. The van der Waals surface area contributed by atoms with Crippen LogP contribution in [0.4, 0.5) is 11.4 Å². The topological polar surface area (TPSA) is 65.4 Å². The third kappa shape index (κ3) is 2.99. The average Bonchev–Trinajstić information content (AvgIpc) is 2.55. The normalized spacial score (nSPS) is 13.8. The van der Waals surface area contributed by atoms with Crippen LogP contribution in [0, 0.1) is 5.41 Å². The molecule has 0 bridgehead atoms. The number of fused-ring (bicyclic) bond motifs is 1. The van der Waals surface area contributed by atoms with Gasteiger partial charge < -0.3 is 15.0 Å². The molecular formula is C15H19N3O2. The molecule has 1 aromatic rings. The molecule has 0 saturated heterocycles. The van der Waals surface area contributed by atoms with Crippen molar-refractivity contribution in [1.82, 2.24) is 0 Å². The molecule has 2 N–H and O–H groups in total. The van der Waals surface area contributed by atoms with E-state index in [1.165, 1.54) is 0 Å². The third-order valence-electron chi connectivity index (χ3n) is 3.07. The van der Waals surface area contributed by atoms with Crippen molar-refractivity contribution < 1.29 is 9.53 Å². The maximum absolute atomic E-state index is 11.9. The number of benzene rings is 1. The number of hydrogen-bond donors (Lipinski definition) is 2. The van der Waals surface area contributed by atoms with Crippen LogP contribution in [0.15, 0.2) is 23.8 Å². The van der Waals surface area contributed by atoms with Gasteiger partial charge in [-0.1, -0.05) is 6.07 Å².